The summed E-state index contributed by atoms with van der Waals surface area (Å²) in [4.78, 5) is 8.80. The first kappa shape index (κ1) is 31.0. The van der Waals surface area contributed by atoms with Gasteiger partial charge in [-0.1, -0.05) is 18.2 Å². The maximum atomic E-state index is 13.1. The number of ether oxygens (including phenoxy) is 4. The summed E-state index contributed by atoms with van der Waals surface area (Å²) in [5.41, 5.74) is 1.75. The van der Waals surface area contributed by atoms with Crippen LogP contribution in [-0.4, -0.2) is 73.8 Å². The quantitative estimate of drug-likeness (QED) is 0.258. The van der Waals surface area contributed by atoms with Crippen LogP contribution in [0.1, 0.15) is 61.9 Å². The highest BCUT2D eigenvalue weighted by Crippen LogP contribution is 2.39. The molecule has 1 aromatic carbocycles. The molecule has 3 heterocycles. The molecule has 0 bridgehead atoms. The molecule has 3 aromatic rings. The Labute approximate surface area is 247 Å². The minimum absolute atomic E-state index is 0.0397. The highest BCUT2D eigenvalue weighted by atomic mass is 19.3. The van der Waals surface area contributed by atoms with Crippen molar-refractivity contribution in [1.29, 1.82) is 0 Å². The molecule has 2 aromatic heterocycles. The van der Waals surface area contributed by atoms with Gasteiger partial charge in [0, 0.05) is 24.4 Å². The molecule has 12 heteroatoms. The maximum absolute atomic E-state index is 13.1. The monoisotopic (exact) mass is 602 g/mol. The molecule has 1 saturated heterocycles. The first-order valence-corrected chi connectivity index (χ1v) is 14.1. The second-order valence-corrected chi connectivity index (χ2v) is 11.5. The van der Waals surface area contributed by atoms with Gasteiger partial charge in [-0.2, -0.15) is 8.78 Å². The summed E-state index contributed by atoms with van der Waals surface area (Å²) in [6.45, 7) is 1.85. The van der Waals surface area contributed by atoms with Crippen LogP contribution in [0.3, 0.4) is 0 Å². The van der Waals surface area contributed by atoms with E-state index in [2.05, 4.69) is 9.97 Å². The lowest BCUT2D eigenvalue weighted by Gasteiger charge is -2.38. The van der Waals surface area contributed by atoms with Gasteiger partial charge in [-0.3, -0.25) is 4.98 Å². The molecule has 1 aliphatic heterocycles. The van der Waals surface area contributed by atoms with Crippen LogP contribution in [0.2, 0.25) is 0 Å². The number of hydrogen-bond donors (Lipinski definition) is 4. The van der Waals surface area contributed by atoms with E-state index in [1.807, 2.05) is 6.07 Å². The van der Waals surface area contributed by atoms with Crippen LogP contribution in [0.5, 0.6) is 17.4 Å². The normalized spacial score (nSPS) is 24.9. The molecular formula is C31H36F2N2O8. The van der Waals surface area contributed by atoms with Gasteiger partial charge in [-0.05, 0) is 74.9 Å². The first-order valence-electron chi connectivity index (χ1n) is 14.1. The van der Waals surface area contributed by atoms with E-state index in [0.29, 0.717) is 12.1 Å². The van der Waals surface area contributed by atoms with Crippen molar-refractivity contribution in [2.45, 2.75) is 95.0 Å². The van der Waals surface area contributed by atoms with Crippen molar-refractivity contribution < 1.29 is 48.2 Å². The van der Waals surface area contributed by atoms with Crippen LogP contribution in [0.15, 0.2) is 54.9 Å². The van der Waals surface area contributed by atoms with E-state index >= 15 is 0 Å². The number of rotatable bonds is 11. The summed E-state index contributed by atoms with van der Waals surface area (Å²) in [5, 5.41) is 40.6. The van der Waals surface area contributed by atoms with Gasteiger partial charge in [0.05, 0.1) is 17.9 Å². The van der Waals surface area contributed by atoms with Crippen LogP contribution < -0.4 is 14.2 Å². The zero-order valence-corrected chi connectivity index (χ0v) is 24.0. The number of hydrogen-bond acceptors (Lipinski definition) is 10. The van der Waals surface area contributed by atoms with E-state index < -0.39 is 42.9 Å². The lowest BCUT2D eigenvalue weighted by atomic mass is 9.86. The smallest absolute Gasteiger partial charge is 0.387 e. The average Bonchev–Trinajstić information content (AvgIpc) is 3.79. The number of aromatic nitrogens is 2. The lowest BCUT2D eigenvalue weighted by Crippen LogP contribution is -2.58. The largest absolute Gasteiger partial charge is 0.487 e. The van der Waals surface area contributed by atoms with Gasteiger partial charge >= 0.3 is 6.61 Å². The van der Waals surface area contributed by atoms with Crippen molar-refractivity contribution in [2.24, 2.45) is 0 Å². The molecular weight excluding hydrogens is 566 g/mol. The lowest BCUT2D eigenvalue weighted by molar-refractivity contribution is -0.268. The Morgan fingerprint density at radius 1 is 0.907 bits per heavy atom. The minimum Gasteiger partial charge on any atom is -0.487 e. The Balaban J connectivity index is 1.41. The minimum atomic E-state index is -3.00. The number of halogens is 2. The van der Waals surface area contributed by atoms with Gasteiger partial charge in [-0.15, -0.1) is 0 Å². The van der Waals surface area contributed by atoms with Gasteiger partial charge in [0.25, 0.3) is 0 Å². The van der Waals surface area contributed by atoms with E-state index in [0.717, 1.165) is 29.5 Å². The summed E-state index contributed by atoms with van der Waals surface area (Å²) in [7, 11) is 0. The topological polar surface area (TPSA) is 144 Å². The van der Waals surface area contributed by atoms with E-state index in [1.165, 1.54) is 6.07 Å². The SMILES string of the molecule is CC1O[C@@H](Oc2ccc(C[C@H](c3ccc(C(C)(C)O)nc3)c3ccc(OC(F)F)c(OC4CC4)c3)cn2)[C@H](O)C(O)[C@@H]1O. The van der Waals surface area contributed by atoms with Crippen LogP contribution in [0.4, 0.5) is 8.78 Å². The Morgan fingerprint density at radius 3 is 2.26 bits per heavy atom. The summed E-state index contributed by atoms with van der Waals surface area (Å²) < 4.78 is 47.9. The Bertz CT molecular complexity index is 1370. The molecule has 2 aliphatic rings. The van der Waals surface area contributed by atoms with Crippen molar-refractivity contribution in [1.82, 2.24) is 9.97 Å². The fourth-order valence-corrected chi connectivity index (χ4v) is 4.86. The van der Waals surface area contributed by atoms with Crippen molar-refractivity contribution >= 4 is 0 Å². The number of aliphatic hydroxyl groups is 4. The average molecular weight is 603 g/mol. The summed E-state index contributed by atoms with van der Waals surface area (Å²) in [5.74, 6) is 0.0352. The van der Waals surface area contributed by atoms with Crippen LogP contribution in [0.25, 0.3) is 0 Å². The fraction of sp³-hybridized carbons (Fsp3) is 0.484. The van der Waals surface area contributed by atoms with Crippen LogP contribution in [-0.2, 0) is 16.8 Å². The first-order chi connectivity index (χ1) is 20.4. The van der Waals surface area contributed by atoms with Crippen LogP contribution in [0, 0.1) is 0 Å². The van der Waals surface area contributed by atoms with E-state index in [4.69, 9.17) is 18.9 Å². The molecule has 10 nitrogen and oxygen atoms in total. The summed E-state index contributed by atoms with van der Waals surface area (Å²) >= 11 is 0. The van der Waals surface area contributed by atoms with Crippen LogP contribution >= 0.6 is 0 Å². The molecule has 1 aliphatic carbocycles. The summed E-state index contributed by atoms with van der Waals surface area (Å²) in [6, 6.07) is 11.9. The van der Waals surface area contributed by atoms with Gasteiger partial charge in [-0.25, -0.2) is 4.98 Å². The predicted octanol–water partition coefficient (Wildman–Crippen LogP) is 3.43. The predicted molar refractivity (Wildman–Crippen MR) is 149 cm³/mol. The molecule has 232 valence electrons. The number of aliphatic hydroxyl groups excluding tert-OH is 3. The van der Waals surface area contributed by atoms with Crippen molar-refractivity contribution in [2.75, 3.05) is 0 Å². The third-order valence-corrected chi connectivity index (χ3v) is 7.50. The Kier molecular flexibility index (Phi) is 9.14. The van der Waals surface area contributed by atoms with E-state index in [-0.39, 0.29) is 29.4 Å². The van der Waals surface area contributed by atoms with Gasteiger partial charge in [0.2, 0.25) is 12.2 Å². The molecule has 0 spiro atoms. The van der Waals surface area contributed by atoms with E-state index in [9.17, 15) is 29.2 Å². The highest BCUT2D eigenvalue weighted by molar-refractivity contribution is 5.47. The standard InChI is InChI=1S/C31H36F2N2O8/c1-16-26(36)27(37)28(38)29(40-16)43-25-11-4-17(14-35-25)12-21(19-6-10-24(34-15-19)31(2,3)39)18-5-9-22(42-30(32)33)23(13-18)41-20-7-8-20/h4-6,9-11,13-16,20-21,26-30,36-39H,7-8,12H2,1-3H3/t16?,21-,26+,27?,28+,29-/m0/s1. The third-order valence-electron chi connectivity index (χ3n) is 7.50. The van der Waals surface area contributed by atoms with Gasteiger partial charge in [0.15, 0.2) is 11.5 Å². The Morgan fingerprint density at radius 2 is 1.65 bits per heavy atom. The number of pyridine rings is 2. The number of nitrogens with zero attached hydrogens (tertiary/aromatic N) is 2. The van der Waals surface area contributed by atoms with Crippen molar-refractivity contribution in [3.8, 4) is 17.4 Å². The molecule has 0 amide bonds. The zero-order chi connectivity index (χ0) is 30.9. The second-order valence-electron chi connectivity index (χ2n) is 11.5. The maximum Gasteiger partial charge on any atom is 0.387 e. The Hall–Kier alpha value is -3.42. The van der Waals surface area contributed by atoms with Crippen molar-refractivity contribution in [3.63, 3.8) is 0 Å². The van der Waals surface area contributed by atoms with Gasteiger partial charge < -0.3 is 39.4 Å². The number of alkyl halides is 2. The molecule has 2 fully saturated rings. The molecule has 1 saturated carbocycles. The zero-order valence-electron chi connectivity index (χ0n) is 24.0. The van der Waals surface area contributed by atoms with Gasteiger partial charge in [0.1, 0.15) is 23.9 Å². The molecule has 5 rings (SSSR count). The van der Waals surface area contributed by atoms with E-state index in [1.54, 1.807) is 63.5 Å². The molecule has 6 atom stereocenters. The fourth-order valence-electron chi connectivity index (χ4n) is 4.86. The molecule has 4 N–H and O–H groups in total. The molecule has 2 unspecified atom stereocenters. The third kappa shape index (κ3) is 7.57. The molecule has 0 radical (unpaired) electrons. The second kappa shape index (κ2) is 12.7. The highest BCUT2D eigenvalue weighted by Gasteiger charge is 2.43. The van der Waals surface area contributed by atoms with Crippen molar-refractivity contribution in [3.05, 3.63) is 77.2 Å². The molecule has 43 heavy (non-hydrogen) atoms. The summed E-state index contributed by atoms with van der Waals surface area (Å²) in [6.07, 6.45) is -0.799. The number of benzene rings is 1.